The van der Waals surface area contributed by atoms with Gasteiger partial charge in [0, 0.05) is 33.9 Å². The summed E-state index contributed by atoms with van der Waals surface area (Å²) in [6, 6.07) is 38.3. The molecule has 0 unspecified atom stereocenters. The normalized spacial score (nSPS) is 10.2. The van der Waals surface area contributed by atoms with E-state index < -0.39 is 0 Å². The third-order valence-corrected chi connectivity index (χ3v) is 6.54. The molecule has 0 aliphatic rings. The monoisotopic (exact) mass is 602 g/mol. The molecular weight excluding hydrogens is 564 g/mol. The van der Waals surface area contributed by atoms with Gasteiger partial charge in [-0.05, 0) is 96.9 Å². The highest BCUT2D eigenvalue weighted by molar-refractivity contribution is 6.05. The fraction of sp³-hybridized carbons (Fsp3) is 0.135. The zero-order valence-corrected chi connectivity index (χ0v) is 25.2. The predicted molar refractivity (Wildman–Crippen MR) is 182 cm³/mol. The highest BCUT2D eigenvalue weighted by atomic mass is 16.5. The van der Waals surface area contributed by atoms with Crippen molar-refractivity contribution in [1.82, 2.24) is 0 Å². The zero-order valence-electron chi connectivity index (χ0n) is 25.2. The van der Waals surface area contributed by atoms with Crippen molar-refractivity contribution in [1.29, 1.82) is 0 Å². The Labute approximate surface area is 264 Å². The van der Waals surface area contributed by atoms with Crippen LogP contribution in [0.25, 0.3) is 0 Å². The van der Waals surface area contributed by atoms with Crippen LogP contribution < -0.4 is 31.6 Å². The van der Waals surface area contributed by atoms with Crippen LogP contribution in [0.2, 0.25) is 0 Å². The van der Waals surface area contributed by atoms with Crippen molar-refractivity contribution in [3.8, 4) is 11.5 Å². The predicted octanol–water partition coefficient (Wildman–Crippen LogP) is 7.80. The van der Waals surface area contributed by atoms with E-state index in [2.05, 4.69) is 17.6 Å². The average Bonchev–Trinajstić information content (AvgIpc) is 3.07. The summed E-state index contributed by atoms with van der Waals surface area (Å²) in [6.07, 6.45) is 2.08. The van der Waals surface area contributed by atoms with Gasteiger partial charge in [0.05, 0.1) is 6.61 Å². The molecule has 5 aromatic carbocycles. The molecule has 45 heavy (non-hydrogen) atoms. The Morgan fingerprint density at radius 3 is 1.58 bits per heavy atom. The van der Waals surface area contributed by atoms with Crippen molar-refractivity contribution in [2.45, 2.75) is 26.4 Å². The van der Waals surface area contributed by atoms with Crippen LogP contribution in [0.3, 0.4) is 0 Å². The number of nitrogens with one attached hydrogen (secondary N) is 2. The molecule has 5 aromatic rings. The lowest BCUT2D eigenvalue weighted by Crippen LogP contribution is -2.12. The van der Waals surface area contributed by atoms with Gasteiger partial charge in [-0.15, -0.1) is 0 Å². The fourth-order valence-corrected chi connectivity index (χ4v) is 4.07. The third-order valence-electron chi connectivity index (χ3n) is 6.54. The molecule has 0 saturated carbocycles. The number of rotatable bonds is 11. The van der Waals surface area contributed by atoms with E-state index >= 15 is 0 Å². The summed E-state index contributed by atoms with van der Waals surface area (Å²) < 4.78 is 11.4. The Kier molecular flexibility index (Phi) is 12.0. The molecule has 2 amide bonds. The molecule has 0 bridgehead atoms. The largest absolute Gasteiger partial charge is 0.494 e. The highest BCUT2D eigenvalue weighted by Gasteiger charge is 2.09. The number of carbonyl (C=O) groups is 2. The molecule has 5 rings (SSSR count). The Morgan fingerprint density at radius 2 is 1.09 bits per heavy atom. The summed E-state index contributed by atoms with van der Waals surface area (Å²) in [6.45, 7) is 3.24. The van der Waals surface area contributed by atoms with Crippen LogP contribution in [0.5, 0.6) is 11.5 Å². The molecule has 0 fully saturated rings. The lowest BCUT2D eigenvalue weighted by atomic mass is 10.2. The molecule has 0 heterocycles. The first-order chi connectivity index (χ1) is 21.9. The van der Waals surface area contributed by atoms with Gasteiger partial charge >= 0.3 is 0 Å². The summed E-state index contributed by atoms with van der Waals surface area (Å²) in [5, 5.41) is 5.67. The second kappa shape index (κ2) is 16.8. The molecular formula is C37H38N4O4. The molecule has 0 aromatic heterocycles. The van der Waals surface area contributed by atoms with Crippen LogP contribution in [0.1, 0.15) is 46.0 Å². The summed E-state index contributed by atoms with van der Waals surface area (Å²) >= 11 is 0. The Hall–Kier alpha value is -5.76. The maximum Gasteiger partial charge on any atom is 0.255 e. The first-order valence-corrected chi connectivity index (χ1v) is 14.7. The van der Waals surface area contributed by atoms with Crippen LogP contribution in [-0.2, 0) is 6.61 Å². The van der Waals surface area contributed by atoms with Crippen molar-refractivity contribution >= 4 is 34.6 Å². The number of nitrogens with two attached hydrogens (primary N) is 2. The van der Waals surface area contributed by atoms with Gasteiger partial charge in [0.15, 0.2) is 0 Å². The van der Waals surface area contributed by atoms with Crippen LogP contribution in [0, 0.1) is 0 Å². The van der Waals surface area contributed by atoms with Gasteiger partial charge in [-0.25, -0.2) is 0 Å². The van der Waals surface area contributed by atoms with E-state index in [1.807, 2.05) is 48.5 Å². The SMILES string of the molecule is CCCCOc1cccc(C(=O)Nc2ccc(N)cc2)c1.Nc1ccc(NC(=O)c2cccc(OCc3ccccc3)c2)cc1. The van der Waals surface area contributed by atoms with E-state index in [0.29, 0.717) is 58.6 Å². The summed E-state index contributed by atoms with van der Waals surface area (Å²) in [5.74, 6) is 1.02. The number of hydrogen-bond acceptors (Lipinski definition) is 6. The molecule has 0 radical (unpaired) electrons. The van der Waals surface area contributed by atoms with Gasteiger partial charge in [0.25, 0.3) is 11.8 Å². The summed E-state index contributed by atoms with van der Waals surface area (Å²) in [4.78, 5) is 24.5. The van der Waals surface area contributed by atoms with Crippen molar-refractivity contribution in [2.75, 3.05) is 28.7 Å². The number of amides is 2. The second-order valence-corrected chi connectivity index (χ2v) is 10.2. The van der Waals surface area contributed by atoms with E-state index in [0.717, 1.165) is 18.4 Å². The Morgan fingerprint density at radius 1 is 0.600 bits per heavy atom. The summed E-state index contributed by atoms with van der Waals surface area (Å²) in [7, 11) is 0. The van der Waals surface area contributed by atoms with Crippen molar-refractivity contribution in [2.24, 2.45) is 0 Å². The summed E-state index contributed by atoms with van der Waals surface area (Å²) in [5.41, 5.74) is 16.2. The highest BCUT2D eigenvalue weighted by Crippen LogP contribution is 2.19. The molecule has 0 atom stereocenters. The Bertz CT molecular complexity index is 1660. The topological polar surface area (TPSA) is 129 Å². The minimum atomic E-state index is -0.190. The standard InChI is InChI=1S/C20H18N2O2.C17H20N2O2/c21-17-9-11-18(12-10-17)22-20(23)16-7-4-8-19(13-16)24-14-15-5-2-1-3-6-15;1-2-3-11-21-16-6-4-5-13(12-16)17(20)19-15-9-7-14(18)8-10-15/h1-13H,14,21H2,(H,22,23);4-10,12H,2-3,11,18H2,1H3,(H,19,20). The van der Waals surface area contributed by atoms with E-state index in [4.69, 9.17) is 20.9 Å². The van der Waals surface area contributed by atoms with Crippen LogP contribution >= 0.6 is 0 Å². The molecule has 0 saturated heterocycles. The quantitative estimate of drug-likeness (QED) is 0.0902. The van der Waals surface area contributed by atoms with E-state index in [-0.39, 0.29) is 11.8 Å². The molecule has 6 N–H and O–H groups in total. The molecule has 0 aliphatic heterocycles. The number of unbranched alkanes of at least 4 members (excludes halogenated alkanes) is 1. The number of nitrogen functional groups attached to an aromatic ring is 2. The number of hydrogen-bond donors (Lipinski definition) is 4. The van der Waals surface area contributed by atoms with Crippen LogP contribution in [0.4, 0.5) is 22.7 Å². The van der Waals surface area contributed by atoms with Gasteiger partial charge in [-0.1, -0.05) is 55.8 Å². The van der Waals surface area contributed by atoms with Gasteiger partial charge < -0.3 is 31.6 Å². The maximum atomic E-state index is 12.3. The van der Waals surface area contributed by atoms with E-state index in [9.17, 15) is 9.59 Å². The molecule has 230 valence electrons. The van der Waals surface area contributed by atoms with Crippen LogP contribution in [-0.4, -0.2) is 18.4 Å². The van der Waals surface area contributed by atoms with Gasteiger partial charge in [0.1, 0.15) is 18.1 Å². The maximum absolute atomic E-state index is 12.3. The van der Waals surface area contributed by atoms with E-state index in [1.54, 1.807) is 78.9 Å². The first-order valence-electron chi connectivity index (χ1n) is 14.7. The number of anilines is 4. The molecule has 0 aliphatic carbocycles. The number of ether oxygens (including phenoxy) is 2. The Balaban J connectivity index is 0.000000207. The van der Waals surface area contributed by atoms with Crippen molar-refractivity contribution in [3.63, 3.8) is 0 Å². The van der Waals surface area contributed by atoms with Crippen molar-refractivity contribution in [3.05, 3.63) is 144 Å². The second-order valence-electron chi connectivity index (χ2n) is 10.2. The minimum Gasteiger partial charge on any atom is -0.494 e. The van der Waals surface area contributed by atoms with Gasteiger partial charge in [-0.3, -0.25) is 9.59 Å². The van der Waals surface area contributed by atoms with Crippen molar-refractivity contribution < 1.29 is 19.1 Å². The number of carbonyl (C=O) groups excluding carboxylic acids is 2. The molecule has 0 spiro atoms. The third kappa shape index (κ3) is 10.8. The van der Waals surface area contributed by atoms with Gasteiger partial charge in [-0.2, -0.15) is 0 Å². The number of benzene rings is 5. The lowest BCUT2D eigenvalue weighted by Gasteiger charge is -2.09. The molecule has 8 nitrogen and oxygen atoms in total. The fourth-order valence-electron chi connectivity index (χ4n) is 4.07. The smallest absolute Gasteiger partial charge is 0.255 e. The average molecular weight is 603 g/mol. The lowest BCUT2D eigenvalue weighted by molar-refractivity contribution is 0.101. The minimum absolute atomic E-state index is 0.166. The molecule has 8 heteroatoms. The first kappa shape index (κ1) is 32.2. The zero-order chi connectivity index (χ0) is 31.9. The van der Waals surface area contributed by atoms with Crippen LogP contribution in [0.15, 0.2) is 127 Å². The van der Waals surface area contributed by atoms with E-state index in [1.165, 1.54) is 0 Å². The van der Waals surface area contributed by atoms with Gasteiger partial charge in [0.2, 0.25) is 0 Å².